The van der Waals surface area contributed by atoms with Gasteiger partial charge in [-0.3, -0.25) is 15.6 Å². The van der Waals surface area contributed by atoms with Crippen LogP contribution in [0.3, 0.4) is 0 Å². The minimum Gasteiger partial charge on any atom is -0.380 e. The van der Waals surface area contributed by atoms with Crippen LogP contribution in [0.5, 0.6) is 0 Å². The monoisotopic (exact) mass is 282 g/mol. The summed E-state index contributed by atoms with van der Waals surface area (Å²) < 4.78 is 0. The molecule has 6 nitrogen and oxygen atoms in total. The molecule has 0 saturated heterocycles. The number of carbonyl (C=O) groups excluding carboxylic acids is 1. The summed E-state index contributed by atoms with van der Waals surface area (Å²) in [5.41, 5.74) is 3.71. The highest BCUT2D eigenvalue weighted by molar-refractivity contribution is 6.29. The van der Waals surface area contributed by atoms with E-state index in [0.29, 0.717) is 18.4 Å². The van der Waals surface area contributed by atoms with E-state index >= 15 is 0 Å². The molecule has 0 fully saturated rings. The average Bonchev–Trinajstić information content (AvgIpc) is 2.35. The SMILES string of the molecule is CCCC(C)(O)C(=O)NNc1cc(C#N)cc(Cl)n1. The van der Waals surface area contributed by atoms with Crippen LogP contribution in [-0.2, 0) is 4.79 Å². The molecular formula is C12H15ClN4O2. The highest BCUT2D eigenvalue weighted by Crippen LogP contribution is 2.14. The summed E-state index contributed by atoms with van der Waals surface area (Å²) in [5, 5.41) is 18.8. The highest BCUT2D eigenvalue weighted by Gasteiger charge is 2.28. The molecule has 0 aliphatic rings. The maximum absolute atomic E-state index is 11.7. The molecule has 0 saturated carbocycles. The van der Waals surface area contributed by atoms with E-state index in [0.717, 1.165) is 0 Å². The molecule has 0 radical (unpaired) electrons. The van der Waals surface area contributed by atoms with Gasteiger partial charge in [0.2, 0.25) is 0 Å². The van der Waals surface area contributed by atoms with Gasteiger partial charge in [-0.1, -0.05) is 24.9 Å². The van der Waals surface area contributed by atoms with Crippen LogP contribution in [0.25, 0.3) is 0 Å². The number of anilines is 1. The fraction of sp³-hybridized carbons (Fsp3) is 0.417. The van der Waals surface area contributed by atoms with E-state index in [-0.39, 0.29) is 11.0 Å². The van der Waals surface area contributed by atoms with Crippen LogP contribution in [0.1, 0.15) is 32.3 Å². The molecular weight excluding hydrogens is 268 g/mol. The molecule has 3 N–H and O–H groups in total. The third-order valence-corrected chi connectivity index (χ3v) is 2.65. The van der Waals surface area contributed by atoms with Crippen molar-refractivity contribution in [2.24, 2.45) is 0 Å². The second-order valence-corrected chi connectivity index (χ2v) is 4.67. The lowest BCUT2D eigenvalue weighted by atomic mass is 10.0. The van der Waals surface area contributed by atoms with Gasteiger partial charge in [0.1, 0.15) is 16.6 Å². The second kappa shape index (κ2) is 6.36. The highest BCUT2D eigenvalue weighted by atomic mass is 35.5. The Morgan fingerprint density at radius 3 is 2.89 bits per heavy atom. The number of carbonyl (C=O) groups is 1. The van der Waals surface area contributed by atoms with Crippen LogP contribution in [0.15, 0.2) is 12.1 Å². The van der Waals surface area contributed by atoms with E-state index in [1.54, 1.807) is 0 Å². The zero-order chi connectivity index (χ0) is 14.5. The molecule has 0 aliphatic heterocycles. The van der Waals surface area contributed by atoms with Crippen LogP contribution in [0, 0.1) is 11.3 Å². The number of pyridine rings is 1. The molecule has 0 spiro atoms. The summed E-state index contributed by atoms with van der Waals surface area (Å²) in [4.78, 5) is 15.6. The number of aromatic nitrogens is 1. The van der Waals surface area contributed by atoms with E-state index < -0.39 is 11.5 Å². The maximum atomic E-state index is 11.7. The Balaban J connectivity index is 2.70. The van der Waals surface area contributed by atoms with Crippen LogP contribution >= 0.6 is 11.6 Å². The Bertz CT molecular complexity index is 511. The van der Waals surface area contributed by atoms with Gasteiger partial charge >= 0.3 is 0 Å². The summed E-state index contributed by atoms with van der Waals surface area (Å²) >= 11 is 5.72. The fourth-order valence-electron chi connectivity index (χ4n) is 1.48. The Hall–Kier alpha value is -1.84. The molecule has 1 aromatic heterocycles. The fourth-order valence-corrected chi connectivity index (χ4v) is 1.69. The zero-order valence-electron chi connectivity index (χ0n) is 10.7. The molecule has 7 heteroatoms. The minimum absolute atomic E-state index is 0.135. The first-order chi connectivity index (χ1) is 8.89. The van der Waals surface area contributed by atoms with Gasteiger partial charge in [-0.2, -0.15) is 5.26 Å². The van der Waals surface area contributed by atoms with Crippen LogP contribution in [-0.4, -0.2) is 21.6 Å². The minimum atomic E-state index is -1.46. The smallest absolute Gasteiger partial charge is 0.269 e. The van der Waals surface area contributed by atoms with E-state index in [4.69, 9.17) is 16.9 Å². The number of hydrazine groups is 1. The van der Waals surface area contributed by atoms with E-state index in [9.17, 15) is 9.90 Å². The molecule has 102 valence electrons. The van der Waals surface area contributed by atoms with Crippen LogP contribution in [0.2, 0.25) is 5.15 Å². The van der Waals surface area contributed by atoms with Gasteiger partial charge in [-0.05, 0) is 19.4 Å². The van der Waals surface area contributed by atoms with Crippen molar-refractivity contribution in [2.75, 3.05) is 5.43 Å². The van der Waals surface area contributed by atoms with Crippen molar-refractivity contribution >= 4 is 23.3 Å². The van der Waals surface area contributed by atoms with Crippen molar-refractivity contribution in [3.63, 3.8) is 0 Å². The summed E-state index contributed by atoms with van der Waals surface area (Å²) in [5.74, 6) is -0.348. The summed E-state index contributed by atoms with van der Waals surface area (Å²) in [6, 6.07) is 4.76. The summed E-state index contributed by atoms with van der Waals surface area (Å²) in [6.07, 6.45) is 1.02. The molecule has 0 aliphatic carbocycles. The lowest BCUT2D eigenvalue weighted by Crippen LogP contribution is -2.46. The summed E-state index contributed by atoms with van der Waals surface area (Å²) in [6.45, 7) is 3.30. The molecule has 1 aromatic rings. The third kappa shape index (κ3) is 4.39. The number of hydrogen-bond donors (Lipinski definition) is 3. The van der Waals surface area contributed by atoms with Crippen molar-refractivity contribution in [3.8, 4) is 6.07 Å². The number of nitrogens with zero attached hydrogens (tertiary/aromatic N) is 2. The topological polar surface area (TPSA) is 98.0 Å². The van der Waals surface area contributed by atoms with Crippen LogP contribution in [0.4, 0.5) is 5.82 Å². The third-order valence-electron chi connectivity index (χ3n) is 2.45. The first-order valence-electron chi connectivity index (χ1n) is 5.75. The lowest BCUT2D eigenvalue weighted by molar-refractivity contribution is -0.138. The predicted octanol–water partition coefficient (Wildman–Crippen LogP) is 1.60. The van der Waals surface area contributed by atoms with Gasteiger partial charge in [0, 0.05) is 6.07 Å². The van der Waals surface area contributed by atoms with Crippen molar-refractivity contribution in [1.29, 1.82) is 5.26 Å². The molecule has 1 amide bonds. The number of nitriles is 1. The van der Waals surface area contributed by atoms with E-state index in [2.05, 4.69) is 15.8 Å². The number of aliphatic hydroxyl groups is 1. The Morgan fingerprint density at radius 2 is 2.32 bits per heavy atom. The Morgan fingerprint density at radius 1 is 1.63 bits per heavy atom. The molecule has 0 bridgehead atoms. The Kier molecular flexibility index (Phi) is 5.10. The molecule has 1 rings (SSSR count). The molecule has 1 unspecified atom stereocenters. The normalized spacial score (nSPS) is 13.2. The van der Waals surface area contributed by atoms with Gasteiger partial charge < -0.3 is 5.11 Å². The number of rotatable bonds is 5. The number of hydrogen-bond acceptors (Lipinski definition) is 5. The van der Waals surface area contributed by atoms with Gasteiger partial charge in [0.05, 0.1) is 11.6 Å². The van der Waals surface area contributed by atoms with Crippen molar-refractivity contribution < 1.29 is 9.90 Å². The molecule has 1 heterocycles. The molecule has 19 heavy (non-hydrogen) atoms. The first-order valence-corrected chi connectivity index (χ1v) is 6.13. The van der Waals surface area contributed by atoms with Crippen molar-refractivity contribution in [3.05, 3.63) is 22.8 Å². The van der Waals surface area contributed by atoms with E-state index in [1.807, 2.05) is 13.0 Å². The first kappa shape index (κ1) is 15.2. The quantitative estimate of drug-likeness (QED) is 0.563. The largest absolute Gasteiger partial charge is 0.380 e. The lowest BCUT2D eigenvalue weighted by Gasteiger charge is -2.21. The van der Waals surface area contributed by atoms with Gasteiger partial charge in [0.15, 0.2) is 0 Å². The zero-order valence-corrected chi connectivity index (χ0v) is 11.5. The van der Waals surface area contributed by atoms with Crippen molar-refractivity contribution in [1.82, 2.24) is 10.4 Å². The number of amides is 1. The number of halogens is 1. The second-order valence-electron chi connectivity index (χ2n) is 4.28. The van der Waals surface area contributed by atoms with Crippen molar-refractivity contribution in [2.45, 2.75) is 32.3 Å². The van der Waals surface area contributed by atoms with Gasteiger partial charge in [-0.25, -0.2) is 4.98 Å². The van der Waals surface area contributed by atoms with E-state index in [1.165, 1.54) is 19.1 Å². The number of nitrogens with one attached hydrogen (secondary N) is 2. The molecule has 0 aromatic carbocycles. The standard InChI is InChI=1S/C12H15ClN4O2/c1-3-4-12(2,19)11(18)17-16-10-6-8(7-14)5-9(13)15-10/h5-6,19H,3-4H2,1-2H3,(H,15,16)(H,17,18). The predicted molar refractivity (Wildman–Crippen MR) is 71.3 cm³/mol. The maximum Gasteiger partial charge on any atom is 0.269 e. The average molecular weight is 283 g/mol. The molecule has 1 atom stereocenters. The Labute approximate surface area is 116 Å². The van der Waals surface area contributed by atoms with Crippen LogP contribution < -0.4 is 10.9 Å². The summed E-state index contributed by atoms with van der Waals surface area (Å²) in [7, 11) is 0. The van der Waals surface area contributed by atoms with Gasteiger partial charge in [0.25, 0.3) is 5.91 Å². The van der Waals surface area contributed by atoms with Gasteiger partial charge in [-0.15, -0.1) is 0 Å².